The number of ether oxygens (including phenoxy) is 2. The van der Waals surface area contributed by atoms with Gasteiger partial charge in [0.2, 0.25) is 0 Å². The van der Waals surface area contributed by atoms with Crippen molar-refractivity contribution in [3.05, 3.63) is 23.3 Å². The summed E-state index contributed by atoms with van der Waals surface area (Å²) in [6, 6.07) is 4.36. The number of nitrogens with zero attached hydrogens (tertiary/aromatic N) is 1. The number of benzene rings is 1. The molecule has 0 aromatic heterocycles. The highest BCUT2D eigenvalue weighted by Crippen LogP contribution is 2.77. The average molecular weight is 498 g/mol. The van der Waals surface area contributed by atoms with Crippen molar-refractivity contribution in [1.29, 1.82) is 0 Å². The number of aromatic hydroxyl groups is 1. The second-order valence-electron chi connectivity index (χ2n) is 14.4. The molecule has 6 rings (SSSR count). The van der Waals surface area contributed by atoms with Gasteiger partial charge in [-0.25, -0.2) is 0 Å². The first-order valence-corrected chi connectivity index (χ1v) is 14.3. The first-order valence-electron chi connectivity index (χ1n) is 14.3. The van der Waals surface area contributed by atoms with E-state index in [-0.39, 0.29) is 27.9 Å². The van der Waals surface area contributed by atoms with E-state index in [0.717, 1.165) is 38.1 Å². The van der Waals surface area contributed by atoms with Gasteiger partial charge in [-0.15, -0.1) is 0 Å². The van der Waals surface area contributed by atoms with Crippen LogP contribution in [-0.4, -0.2) is 58.2 Å². The number of likely N-dealkylation sites (tertiary alicyclic amines) is 1. The van der Waals surface area contributed by atoms with Gasteiger partial charge < -0.3 is 19.7 Å². The van der Waals surface area contributed by atoms with E-state index in [9.17, 15) is 10.2 Å². The summed E-state index contributed by atoms with van der Waals surface area (Å²) in [5.74, 6) is 1.60. The second-order valence-corrected chi connectivity index (χ2v) is 14.4. The molecule has 1 aromatic carbocycles. The minimum Gasteiger partial charge on any atom is -0.504 e. The molecule has 3 aliphatic carbocycles. The van der Waals surface area contributed by atoms with Gasteiger partial charge in [0, 0.05) is 36.6 Å². The Kier molecular flexibility index (Phi) is 5.01. The van der Waals surface area contributed by atoms with Crippen LogP contribution in [0.5, 0.6) is 11.5 Å². The number of hydrogen-bond donors (Lipinski definition) is 2. The Bertz CT molecular complexity index is 1080. The molecule has 2 aliphatic heterocycles. The van der Waals surface area contributed by atoms with Crippen molar-refractivity contribution in [2.24, 2.45) is 22.7 Å². The molecule has 1 aromatic rings. The first-order chi connectivity index (χ1) is 16.7. The first kappa shape index (κ1) is 25.0. The summed E-state index contributed by atoms with van der Waals surface area (Å²) >= 11 is 0. The number of methoxy groups -OCH3 is 1. The lowest BCUT2D eigenvalue weighted by Gasteiger charge is -2.74. The molecule has 7 atom stereocenters. The molecule has 2 bridgehead atoms. The van der Waals surface area contributed by atoms with E-state index >= 15 is 0 Å². The van der Waals surface area contributed by atoms with Crippen molar-refractivity contribution in [2.45, 2.75) is 115 Å². The van der Waals surface area contributed by atoms with Gasteiger partial charge >= 0.3 is 0 Å². The Morgan fingerprint density at radius 2 is 1.86 bits per heavy atom. The van der Waals surface area contributed by atoms with Crippen molar-refractivity contribution in [1.82, 2.24) is 4.90 Å². The maximum atomic E-state index is 12.4. The molecule has 200 valence electrons. The highest BCUT2D eigenvalue weighted by molar-refractivity contribution is 5.64. The Morgan fingerprint density at radius 3 is 2.44 bits per heavy atom. The van der Waals surface area contributed by atoms with E-state index in [1.54, 1.807) is 0 Å². The number of hydrogen-bond acceptors (Lipinski definition) is 5. The van der Waals surface area contributed by atoms with E-state index < -0.39 is 16.8 Å². The highest BCUT2D eigenvalue weighted by Gasteiger charge is 2.83. The molecule has 36 heavy (non-hydrogen) atoms. The van der Waals surface area contributed by atoms with Crippen LogP contribution >= 0.6 is 0 Å². The predicted octanol–water partition coefficient (Wildman–Crippen LogP) is 5.44. The van der Waals surface area contributed by atoms with Gasteiger partial charge in [0.25, 0.3) is 0 Å². The summed E-state index contributed by atoms with van der Waals surface area (Å²) in [7, 11) is 1.81. The van der Waals surface area contributed by atoms with Gasteiger partial charge in [0.05, 0.1) is 5.60 Å². The molecule has 0 amide bonds. The van der Waals surface area contributed by atoms with Crippen molar-refractivity contribution < 1.29 is 19.7 Å². The molecule has 2 N–H and O–H groups in total. The smallest absolute Gasteiger partial charge is 0.166 e. The number of rotatable bonds is 5. The minimum atomic E-state index is -0.983. The molecule has 1 unspecified atom stereocenters. The Balaban J connectivity index is 1.65. The molecule has 2 heterocycles. The molecule has 1 saturated heterocycles. The summed E-state index contributed by atoms with van der Waals surface area (Å²) in [5, 5.41) is 23.5. The maximum Gasteiger partial charge on any atom is 0.166 e. The lowest BCUT2D eigenvalue weighted by Crippen LogP contribution is -2.84. The molecular formula is C31H47NO4. The van der Waals surface area contributed by atoms with Crippen LogP contribution in [0.15, 0.2) is 12.1 Å². The van der Waals surface area contributed by atoms with Crippen LogP contribution in [0.25, 0.3) is 0 Å². The lowest BCUT2D eigenvalue weighted by atomic mass is 9.34. The SMILES string of the molecule is CCC1(OC)[C@@H]([C@](C)(O)C(C)(C)C)C[C@]2(C)[C@H]3Cc4ccc(O)c5c4[C@@]2(CCN3CC2CC2)[C@]1(C)O5. The third kappa shape index (κ3) is 2.59. The van der Waals surface area contributed by atoms with E-state index in [1.165, 1.54) is 30.5 Å². The zero-order valence-corrected chi connectivity index (χ0v) is 23.7. The minimum absolute atomic E-state index is 0.127. The Morgan fingerprint density at radius 1 is 1.17 bits per heavy atom. The van der Waals surface area contributed by atoms with Crippen LogP contribution in [0.2, 0.25) is 0 Å². The van der Waals surface area contributed by atoms with Crippen LogP contribution < -0.4 is 4.74 Å². The zero-order valence-electron chi connectivity index (χ0n) is 23.7. The van der Waals surface area contributed by atoms with Gasteiger partial charge in [-0.05, 0) is 87.3 Å². The normalized spacial score (nSPS) is 43.0. The number of piperidine rings is 1. The van der Waals surface area contributed by atoms with Gasteiger partial charge in [0.15, 0.2) is 11.5 Å². The van der Waals surface area contributed by atoms with Gasteiger partial charge in [0.1, 0.15) is 11.2 Å². The molecule has 5 nitrogen and oxygen atoms in total. The standard InChI is InChI=1S/C31H47NO4/c1-9-31(35-8)22(28(6,34)26(2,3)4)17-27(5)23-16-20-12-13-21(33)25-24(20)30(27,29(31,7)36-25)14-15-32(23)18-19-10-11-19/h12-13,19,22-23,33-34H,9-11,14-18H2,1-8H3/t22-,23-,27-,28+,29+,30-,31?/m1/s1. The van der Waals surface area contributed by atoms with E-state index in [0.29, 0.717) is 11.8 Å². The molecule has 1 spiro atoms. The number of phenols is 1. The predicted molar refractivity (Wildman–Crippen MR) is 142 cm³/mol. The summed E-state index contributed by atoms with van der Waals surface area (Å²) in [4.78, 5) is 2.78. The van der Waals surface area contributed by atoms with Crippen molar-refractivity contribution in [3.63, 3.8) is 0 Å². The topological polar surface area (TPSA) is 62.2 Å². The molecule has 0 radical (unpaired) electrons. The van der Waals surface area contributed by atoms with Crippen LogP contribution in [0.3, 0.4) is 0 Å². The monoisotopic (exact) mass is 497 g/mol. The molecule has 3 fully saturated rings. The van der Waals surface area contributed by atoms with Gasteiger partial charge in [-0.3, -0.25) is 4.90 Å². The fourth-order valence-corrected chi connectivity index (χ4v) is 9.85. The zero-order chi connectivity index (χ0) is 26.1. The second kappa shape index (κ2) is 7.21. The van der Waals surface area contributed by atoms with Crippen LogP contribution in [0.1, 0.15) is 91.7 Å². The summed E-state index contributed by atoms with van der Waals surface area (Å²) in [6.07, 6.45) is 6.27. The fraction of sp³-hybridized carbons (Fsp3) is 0.806. The van der Waals surface area contributed by atoms with Gasteiger partial charge in [-0.2, -0.15) is 0 Å². The molecular weight excluding hydrogens is 450 g/mol. The van der Waals surface area contributed by atoms with E-state index in [4.69, 9.17) is 9.47 Å². The van der Waals surface area contributed by atoms with Crippen molar-refractivity contribution >= 4 is 0 Å². The fourth-order valence-electron chi connectivity index (χ4n) is 9.85. The van der Waals surface area contributed by atoms with Gasteiger partial charge in [-0.1, -0.05) is 40.7 Å². The summed E-state index contributed by atoms with van der Waals surface area (Å²) in [6.45, 7) is 17.6. The number of aliphatic hydroxyl groups is 1. The van der Waals surface area contributed by atoms with E-state index in [2.05, 4.69) is 52.5 Å². The molecule has 5 aliphatic rings. The molecule has 5 heteroatoms. The van der Waals surface area contributed by atoms with Crippen LogP contribution in [0.4, 0.5) is 0 Å². The molecule has 2 saturated carbocycles. The van der Waals surface area contributed by atoms with E-state index in [1.807, 2.05) is 20.1 Å². The van der Waals surface area contributed by atoms with Crippen LogP contribution in [-0.2, 0) is 16.6 Å². The quantitative estimate of drug-likeness (QED) is 0.567. The number of phenolic OH excluding ortho intramolecular Hbond substituents is 1. The Hall–Kier alpha value is -1.30. The lowest BCUT2D eigenvalue weighted by molar-refractivity contribution is -0.311. The highest BCUT2D eigenvalue weighted by atomic mass is 16.6. The maximum absolute atomic E-state index is 12.4. The van der Waals surface area contributed by atoms with Crippen molar-refractivity contribution in [2.75, 3.05) is 20.2 Å². The largest absolute Gasteiger partial charge is 0.504 e. The third-order valence-corrected chi connectivity index (χ3v) is 12.4. The third-order valence-electron chi connectivity index (χ3n) is 12.4. The Labute approximate surface area is 217 Å². The summed E-state index contributed by atoms with van der Waals surface area (Å²) in [5.41, 5.74) is -0.619. The van der Waals surface area contributed by atoms with Crippen molar-refractivity contribution in [3.8, 4) is 11.5 Å². The van der Waals surface area contributed by atoms with Crippen LogP contribution in [0, 0.1) is 22.7 Å². The average Bonchev–Trinajstić information content (AvgIpc) is 3.56. The summed E-state index contributed by atoms with van der Waals surface area (Å²) < 4.78 is 13.8.